The number of carbonyl (C=O) groups is 2. The zero-order valence-corrected chi connectivity index (χ0v) is 14.2. The van der Waals surface area contributed by atoms with E-state index in [9.17, 15) is 9.59 Å². The van der Waals surface area contributed by atoms with Gasteiger partial charge in [-0.3, -0.25) is 9.59 Å². The van der Waals surface area contributed by atoms with Gasteiger partial charge < -0.3 is 0 Å². The molecule has 0 aliphatic heterocycles. The summed E-state index contributed by atoms with van der Waals surface area (Å²) in [6.45, 7) is 4.21. The van der Waals surface area contributed by atoms with Gasteiger partial charge in [-0.1, -0.05) is 12.7 Å². The SMILES string of the molecule is C=C1C[C@@H]2[C@H](CC[C@]3(S)C(=O)CC[C@@H]23)[C@@]2(S)C=CC(=O)C=C12. The minimum Gasteiger partial charge on any atom is -0.298 e. The molecule has 0 aromatic heterocycles. The minimum absolute atomic E-state index is 0.0228. The van der Waals surface area contributed by atoms with Crippen LogP contribution in [0.1, 0.15) is 32.1 Å². The second kappa shape index (κ2) is 4.64. The van der Waals surface area contributed by atoms with E-state index in [4.69, 9.17) is 25.3 Å². The maximum absolute atomic E-state index is 12.3. The van der Waals surface area contributed by atoms with Crippen LogP contribution in [-0.4, -0.2) is 21.1 Å². The summed E-state index contributed by atoms with van der Waals surface area (Å²) in [4.78, 5) is 24.1. The summed E-state index contributed by atoms with van der Waals surface area (Å²) in [6.07, 6.45) is 9.50. The predicted molar refractivity (Wildman–Crippen MR) is 93.4 cm³/mol. The summed E-state index contributed by atoms with van der Waals surface area (Å²) in [5.74, 6) is 1.39. The number of hydrogen-bond donors (Lipinski definition) is 2. The van der Waals surface area contributed by atoms with Gasteiger partial charge in [0.15, 0.2) is 5.78 Å². The van der Waals surface area contributed by atoms with E-state index in [1.54, 1.807) is 12.2 Å². The molecule has 0 amide bonds. The van der Waals surface area contributed by atoms with Crippen LogP contribution >= 0.6 is 25.3 Å². The van der Waals surface area contributed by atoms with Crippen molar-refractivity contribution in [3.8, 4) is 0 Å². The Bertz CT molecular complexity index is 662. The average molecular weight is 332 g/mol. The van der Waals surface area contributed by atoms with Crippen LogP contribution in [0.25, 0.3) is 0 Å². The van der Waals surface area contributed by atoms with Crippen LogP contribution in [0.2, 0.25) is 0 Å². The molecule has 0 saturated heterocycles. The van der Waals surface area contributed by atoms with E-state index in [-0.39, 0.29) is 5.78 Å². The fourth-order valence-corrected chi connectivity index (χ4v) is 6.43. The van der Waals surface area contributed by atoms with Crippen LogP contribution in [0.4, 0.5) is 0 Å². The van der Waals surface area contributed by atoms with Gasteiger partial charge in [0.25, 0.3) is 0 Å². The molecular formula is C18H20O2S2. The largest absolute Gasteiger partial charge is 0.298 e. The number of rotatable bonds is 0. The summed E-state index contributed by atoms with van der Waals surface area (Å²) < 4.78 is -0.852. The van der Waals surface area contributed by atoms with E-state index in [2.05, 4.69) is 6.58 Å². The molecule has 0 spiro atoms. The lowest BCUT2D eigenvalue weighted by atomic mass is 9.55. The molecule has 0 heterocycles. The zero-order valence-electron chi connectivity index (χ0n) is 12.4. The highest BCUT2D eigenvalue weighted by Gasteiger charge is 2.60. The molecule has 0 bridgehead atoms. The normalized spacial score (nSPS) is 46.9. The van der Waals surface area contributed by atoms with E-state index >= 15 is 0 Å². The molecule has 4 aliphatic carbocycles. The number of Topliss-reactive ketones (excluding diaryl/α,β-unsaturated/α-hetero) is 1. The molecule has 4 aliphatic rings. The van der Waals surface area contributed by atoms with E-state index in [1.165, 1.54) is 0 Å². The third-order valence-electron chi connectivity index (χ3n) is 6.30. The van der Waals surface area contributed by atoms with Crippen molar-refractivity contribution in [2.45, 2.75) is 41.6 Å². The van der Waals surface area contributed by atoms with Crippen LogP contribution in [0.3, 0.4) is 0 Å². The summed E-state index contributed by atoms with van der Waals surface area (Å²) in [6, 6.07) is 0. The van der Waals surface area contributed by atoms with E-state index in [0.29, 0.717) is 30.0 Å². The fourth-order valence-electron chi connectivity index (χ4n) is 5.25. The monoisotopic (exact) mass is 332 g/mol. The molecule has 4 heteroatoms. The molecule has 3 saturated carbocycles. The first-order chi connectivity index (χ1) is 10.4. The summed E-state index contributed by atoms with van der Waals surface area (Å²) >= 11 is 9.82. The second-order valence-electron chi connectivity index (χ2n) is 7.23. The molecule has 116 valence electrons. The maximum atomic E-state index is 12.3. The Morgan fingerprint density at radius 2 is 1.95 bits per heavy atom. The number of carbonyl (C=O) groups excluding carboxylic acids is 2. The number of hydrogen-bond acceptors (Lipinski definition) is 4. The van der Waals surface area contributed by atoms with Gasteiger partial charge in [0.05, 0.1) is 9.49 Å². The number of allylic oxidation sites excluding steroid dienone is 3. The van der Waals surface area contributed by atoms with Gasteiger partial charge in [0.1, 0.15) is 5.78 Å². The Morgan fingerprint density at radius 3 is 2.73 bits per heavy atom. The molecule has 4 rings (SSSR count). The van der Waals surface area contributed by atoms with Crippen LogP contribution in [0.15, 0.2) is 36.0 Å². The topological polar surface area (TPSA) is 34.1 Å². The third-order valence-corrected chi connectivity index (χ3v) is 7.82. The summed E-state index contributed by atoms with van der Waals surface area (Å²) in [5.41, 5.74) is 1.99. The predicted octanol–water partition coefficient (Wildman–Crippen LogP) is 3.35. The second-order valence-corrected chi connectivity index (χ2v) is 8.77. The van der Waals surface area contributed by atoms with Crippen LogP contribution < -0.4 is 0 Å². The Hall–Kier alpha value is -0.740. The maximum Gasteiger partial charge on any atom is 0.178 e. The van der Waals surface area contributed by atoms with E-state index < -0.39 is 9.49 Å². The van der Waals surface area contributed by atoms with Crippen molar-refractivity contribution in [3.63, 3.8) is 0 Å². The average Bonchev–Trinajstić information content (AvgIpc) is 2.77. The molecule has 22 heavy (non-hydrogen) atoms. The molecule has 0 aromatic rings. The van der Waals surface area contributed by atoms with Crippen molar-refractivity contribution in [1.82, 2.24) is 0 Å². The van der Waals surface area contributed by atoms with Gasteiger partial charge >= 0.3 is 0 Å². The molecule has 0 unspecified atom stereocenters. The molecule has 0 aromatic carbocycles. The van der Waals surface area contributed by atoms with Gasteiger partial charge in [0.2, 0.25) is 0 Å². The van der Waals surface area contributed by atoms with Crippen molar-refractivity contribution in [3.05, 3.63) is 36.0 Å². The lowest BCUT2D eigenvalue weighted by Gasteiger charge is -2.55. The zero-order chi connectivity index (χ0) is 15.7. The molecule has 2 nitrogen and oxygen atoms in total. The Morgan fingerprint density at radius 1 is 1.18 bits per heavy atom. The standard InChI is InChI=1S/C18H20O2S2/c1-10-8-12-13-2-3-16(20)18(13,22)7-5-14(12)17(21)6-4-11(19)9-15(10)17/h4,6,9,12-14,21-22H,1-3,5,7-8H2/t12-,13-,14-,17-,18+/m0/s1. The summed E-state index contributed by atoms with van der Waals surface area (Å²) in [7, 11) is 0. The first-order valence-electron chi connectivity index (χ1n) is 7.98. The van der Waals surface area contributed by atoms with Crippen LogP contribution in [-0.2, 0) is 9.59 Å². The lowest BCUT2D eigenvalue weighted by molar-refractivity contribution is -0.121. The van der Waals surface area contributed by atoms with Crippen molar-refractivity contribution in [2.24, 2.45) is 17.8 Å². The van der Waals surface area contributed by atoms with Crippen molar-refractivity contribution < 1.29 is 9.59 Å². The number of thiol groups is 2. The van der Waals surface area contributed by atoms with Crippen molar-refractivity contribution >= 4 is 36.8 Å². The van der Waals surface area contributed by atoms with Crippen LogP contribution in [0, 0.1) is 17.8 Å². The smallest absolute Gasteiger partial charge is 0.178 e. The summed E-state index contributed by atoms with van der Waals surface area (Å²) in [5, 5.41) is 0. The molecule has 3 fully saturated rings. The van der Waals surface area contributed by atoms with Gasteiger partial charge in [-0.2, -0.15) is 25.3 Å². The Balaban J connectivity index is 1.78. The lowest BCUT2D eigenvalue weighted by Crippen LogP contribution is -2.54. The first kappa shape index (κ1) is 14.8. The van der Waals surface area contributed by atoms with Gasteiger partial charge in [-0.05, 0) is 66.7 Å². The first-order valence-corrected chi connectivity index (χ1v) is 8.87. The molecule has 0 N–H and O–H groups in total. The molecular weight excluding hydrogens is 312 g/mol. The highest BCUT2D eigenvalue weighted by molar-refractivity contribution is 7.83. The van der Waals surface area contributed by atoms with E-state index in [1.807, 2.05) is 6.08 Å². The highest BCUT2D eigenvalue weighted by atomic mass is 32.1. The minimum atomic E-state index is -0.443. The Kier molecular flexibility index (Phi) is 3.12. The van der Waals surface area contributed by atoms with Crippen molar-refractivity contribution in [2.75, 3.05) is 0 Å². The van der Waals surface area contributed by atoms with Crippen molar-refractivity contribution in [1.29, 1.82) is 0 Å². The van der Waals surface area contributed by atoms with Gasteiger partial charge in [0, 0.05) is 6.42 Å². The molecule has 5 atom stereocenters. The van der Waals surface area contributed by atoms with Gasteiger partial charge in [-0.25, -0.2) is 0 Å². The third kappa shape index (κ3) is 1.77. The highest BCUT2D eigenvalue weighted by Crippen LogP contribution is 2.62. The molecule has 0 radical (unpaired) electrons. The van der Waals surface area contributed by atoms with Gasteiger partial charge in [-0.15, -0.1) is 0 Å². The van der Waals surface area contributed by atoms with E-state index in [0.717, 1.165) is 36.8 Å². The Labute approximate surface area is 141 Å². The number of fused-ring (bicyclic) bond motifs is 5. The quantitative estimate of drug-likeness (QED) is 0.667. The van der Waals surface area contributed by atoms with Crippen LogP contribution in [0.5, 0.6) is 0 Å². The number of ketones is 2. The fraction of sp³-hybridized carbons (Fsp3) is 0.556.